The van der Waals surface area contributed by atoms with Crippen LogP contribution in [0.4, 0.5) is 4.79 Å². The van der Waals surface area contributed by atoms with Crippen LogP contribution in [0.3, 0.4) is 0 Å². The second kappa shape index (κ2) is 6.57. The van der Waals surface area contributed by atoms with Crippen LogP contribution in [-0.2, 0) is 11.3 Å². The van der Waals surface area contributed by atoms with Gasteiger partial charge in [-0.15, -0.1) is 0 Å². The van der Waals surface area contributed by atoms with E-state index < -0.39 is 0 Å². The zero-order valence-electron chi connectivity index (χ0n) is 11.6. The SMILES string of the molecule is CC(C)NC(=O)N1CCC(OCc2ccccc2)C1. The van der Waals surface area contributed by atoms with Crippen LogP contribution in [-0.4, -0.2) is 36.2 Å². The van der Waals surface area contributed by atoms with Crippen molar-refractivity contribution in [3.8, 4) is 0 Å². The molecular formula is C15H22N2O2. The molecule has 0 spiro atoms. The zero-order chi connectivity index (χ0) is 13.7. The standard InChI is InChI=1S/C15H22N2O2/c1-12(2)16-15(18)17-9-8-14(10-17)19-11-13-6-4-3-5-7-13/h3-7,12,14H,8-11H2,1-2H3,(H,16,18). The summed E-state index contributed by atoms with van der Waals surface area (Å²) in [6.45, 7) is 6.02. The second-order valence-electron chi connectivity index (χ2n) is 5.26. The van der Waals surface area contributed by atoms with E-state index in [0.717, 1.165) is 13.0 Å². The minimum atomic E-state index is 0.0146. The Kier molecular flexibility index (Phi) is 4.80. The van der Waals surface area contributed by atoms with Gasteiger partial charge in [-0.05, 0) is 25.8 Å². The molecule has 1 heterocycles. The number of amides is 2. The van der Waals surface area contributed by atoms with Gasteiger partial charge in [0.15, 0.2) is 0 Å². The van der Waals surface area contributed by atoms with Gasteiger partial charge in [0, 0.05) is 19.1 Å². The van der Waals surface area contributed by atoms with E-state index >= 15 is 0 Å². The van der Waals surface area contributed by atoms with Crippen molar-refractivity contribution in [2.75, 3.05) is 13.1 Å². The molecule has 1 N–H and O–H groups in total. The van der Waals surface area contributed by atoms with E-state index in [9.17, 15) is 4.79 Å². The highest BCUT2D eigenvalue weighted by Gasteiger charge is 2.26. The van der Waals surface area contributed by atoms with Gasteiger partial charge in [-0.25, -0.2) is 4.79 Å². The molecule has 2 rings (SSSR count). The van der Waals surface area contributed by atoms with Gasteiger partial charge in [0.05, 0.1) is 12.7 Å². The fourth-order valence-corrected chi connectivity index (χ4v) is 2.18. The number of hydrogen-bond donors (Lipinski definition) is 1. The first-order valence-electron chi connectivity index (χ1n) is 6.86. The van der Waals surface area contributed by atoms with Gasteiger partial charge < -0.3 is 15.0 Å². The van der Waals surface area contributed by atoms with Crippen molar-refractivity contribution >= 4 is 6.03 Å². The maximum absolute atomic E-state index is 11.8. The molecule has 1 aliphatic rings. The molecule has 0 saturated carbocycles. The first-order valence-corrected chi connectivity index (χ1v) is 6.86. The molecule has 104 valence electrons. The minimum Gasteiger partial charge on any atom is -0.372 e. The Labute approximate surface area is 114 Å². The number of ether oxygens (including phenoxy) is 1. The van der Waals surface area contributed by atoms with Crippen LogP contribution in [0, 0.1) is 0 Å². The number of nitrogens with one attached hydrogen (secondary N) is 1. The summed E-state index contributed by atoms with van der Waals surface area (Å²) in [4.78, 5) is 13.7. The third-order valence-electron chi connectivity index (χ3n) is 3.17. The average Bonchev–Trinajstić information content (AvgIpc) is 2.86. The highest BCUT2D eigenvalue weighted by molar-refractivity contribution is 5.74. The van der Waals surface area contributed by atoms with E-state index in [2.05, 4.69) is 17.4 Å². The molecule has 0 aliphatic carbocycles. The summed E-state index contributed by atoms with van der Waals surface area (Å²) in [6.07, 6.45) is 1.07. The van der Waals surface area contributed by atoms with E-state index in [1.165, 1.54) is 5.56 Å². The largest absolute Gasteiger partial charge is 0.372 e. The van der Waals surface area contributed by atoms with Crippen molar-refractivity contribution in [1.82, 2.24) is 10.2 Å². The van der Waals surface area contributed by atoms with Crippen LogP contribution >= 0.6 is 0 Å². The van der Waals surface area contributed by atoms with Crippen LogP contribution in [0.5, 0.6) is 0 Å². The Bertz CT molecular complexity index is 406. The Morgan fingerprint density at radius 2 is 2.16 bits per heavy atom. The molecular weight excluding hydrogens is 240 g/mol. The van der Waals surface area contributed by atoms with E-state index in [4.69, 9.17) is 4.74 Å². The molecule has 19 heavy (non-hydrogen) atoms. The Morgan fingerprint density at radius 1 is 1.42 bits per heavy atom. The number of hydrogen-bond acceptors (Lipinski definition) is 2. The highest BCUT2D eigenvalue weighted by atomic mass is 16.5. The van der Waals surface area contributed by atoms with Crippen molar-refractivity contribution in [2.45, 2.75) is 39.0 Å². The Hall–Kier alpha value is -1.55. The number of benzene rings is 1. The zero-order valence-corrected chi connectivity index (χ0v) is 11.6. The molecule has 1 saturated heterocycles. The summed E-state index contributed by atoms with van der Waals surface area (Å²) in [5.74, 6) is 0. The first-order chi connectivity index (χ1) is 9.15. The van der Waals surface area contributed by atoms with Crippen molar-refractivity contribution in [2.24, 2.45) is 0 Å². The molecule has 1 unspecified atom stereocenters. The monoisotopic (exact) mass is 262 g/mol. The third-order valence-corrected chi connectivity index (χ3v) is 3.17. The van der Waals surface area contributed by atoms with Crippen molar-refractivity contribution in [1.29, 1.82) is 0 Å². The first kappa shape index (κ1) is 13.9. The van der Waals surface area contributed by atoms with Gasteiger partial charge in [-0.2, -0.15) is 0 Å². The van der Waals surface area contributed by atoms with Crippen LogP contribution < -0.4 is 5.32 Å². The number of rotatable bonds is 4. The van der Waals surface area contributed by atoms with Gasteiger partial charge in [0.2, 0.25) is 0 Å². The fraction of sp³-hybridized carbons (Fsp3) is 0.533. The van der Waals surface area contributed by atoms with Gasteiger partial charge in [0.1, 0.15) is 0 Å². The van der Waals surface area contributed by atoms with Crippen LogP contribution in [0.15, 0.2) is 30.3 Å². The van der Waals surface area contributed by atoms with Crippen molar-refractivity contribution in [3.05, 3.63) is 35.9 Å². The van der Waals surface area contributed by atoms with Crippen LogP contribution in [0.25, 0.3) is 0 Å². The lowest BCUT2D eigenvalue weighted by Gasteiger charge is -2.19. The molecule has 1 aromatic carbocycles. The Balaban J connectivity index is 1.75. The van der Waals surface area contributed by atoms with Gasteiger partial charge in [0.25, 0.3) is 0 Å². The minimum absolute atomic E-state index is 0.0146. The molecule has 0 radical (unpaired) electrons. The number of carbonyl (C=O) groups is 1. The molecule has 0 bridgehead atoms. The molecule has 2 amide bonds. The summed E-state index contributed by atoms with van der Waals surface area (Å²) < 4.78 is 5.85. The fourth-order valence-electron chi connectivity index (χ4n) is 2.18. The molecule has 1 aliphatic heterocycles. The van der Waals surface area contributed by atoms with Crippen LogP contribution in [0.1, 0.15) is 25.8 Å². The van der Waals surface area contributed by atoms with Crippen molar-refractivity contribution in [3.63, 3.8) is 0 Å². The van der Waals surface area contributed by atoms with E-state index in [0.29, 0.717) is 13.2 Å². The van der Waals surface area contributed by atoms with E-state index in [1.807, 2.05) is 36.9 Å². The topological polar surface area (TPSA) is 41.6 Å². The predicted molar refractivity (Wildman–Crippen MR) is 74.9 cm³/mol. The lowest BCUT2D eigenvalue weighted by molar-refractivity contribution is 0.0486. The number of likely N-dealkylation sites (tertiary alicyclic amines) is 1. The summed E-state index contributed by atoms with van der Waals surface area (Å²) >= 11 is 0. The van der Waals surface area contributed by atoms with Crippen LogP contribution in [0.2, 0.25) is 0 Å². The number of carbonyl (C=O) groups excluding carboxylic acids is 1. The predicted octanol–water partition coefficient (Wildman–Crippen LogP) is 2.40. The summed E-state index contributed by atoms with van der Waals surface area (Å²) in [5, 5.41) is 2.91. The molecule has 4 nitrogen and oxygen atoms in total. The quantitative estimate of drug-likeness (QED) is 0.905. The van der Waals surface area contributed by atoms with E-state index in [-0.39, 0.29) is 18.2 Å². The summed E-state index contributed by atoms with van der Waals surface area (Å²) in [6, 6.07) is 10.3. The second-order valence-corrected chi connectivity index (χ2v) is 5.26. The normalized spacial score (nSPS) is 18.9. The van der Waals surface area contributed by atoms with Gasteiger partial charge in [-0.3, -0.25) is 0 Å². The maximum Gasteiger partial charge on any atom is 0.317 e. The average molecular weight is 262 g/mol. The van der Waals surface area contributed by atoms with E-state index in [1.54, 1.807) is 0 Å². The smallest absolute Gasteiger partial charge is 0.317 e. The lowest BCUT2D eigenvalue weighted by Crippen LogP contribution is -2.42. The summed E-state index contributed by atoms with van der Waals surface area (Å²) in [7, 11) is 0. The lowest BCUT2D eigenvalue weighted by atomic mass is 10.2. The molecule has 1 aromatic rings. The molecule has 4 heteroatoms. The molecule has 0 aromatic heterocycles. The maximum atomic E-state index is 11.8. The third kappa shape index (κ3) is 4.24. The van der Waals surface area contributed by atoms with Gasteiger partial charge in [-0.1, -0.05) is 30.3 Å². The highest BCUT2D eigenvalue weighted by Crippen LogP contribution is 2.15. The Morgan fingerprint density at radius 3 is 2.84 bits per heavy atom. The number of urea groups is 1. The molecule has 1 fully saturated rings. The van der Waals surface area contributed by atoms with Crippen molar-refractivity contribution < 1.29 is 9.53 Å². The summed E-state index contributed by atoms with van der Waals surface area (Å²) in [5.41, 5.74) is 1.17. The van der Waals surface area contributed by atoms with Gasteiger partial charge >= 0.3 is 6.03 Å². The molecule has 1 atom stereocenters. The number of nitrogens with zero attached hydrogens (tertiary/aromatic N) is 1.